The summed E-state index contributed by atoms with van der Waals surface area (Å²) in [5.41, 5.74) is 0.886. The van der Waals surface area contributed by atoms with Gasteiger partial charge in [0.1, 0.15) is 5.15 Å². The lowest BCUT2D eigenvalue weighted by atomic mass is 10.3. The summed E-state index contributed by atoms with van der Waals surface area (Å²) in [4.78, 5) is 6.61. The van der Waals surface area contributed by atoms with E-state index in [-0.39, 0.29) is 5.15 Å². The highest BCUT2D eigenvalue weighted by Gasteiger charge is 2.36. The molecule has 0 saturated heterocycles. The van der Waals surface area contributed by atoms with E-state index in [2.05, 4.69) is 15.3 Å². The van der Waals surface area contributed by atoms with Crippen molar-refractivity contribution in [2.75, 3.05) is 0 Å². The average molecular weight is 224 g/mol. The molecule has 0 bridgehead atoms. The van der Waals surface area contributed by atoms with Gasteiger partial charge in [-0.15, -0.1) is 0 Å². The monoisotopic (exact) mass is 223 g/mol. The fourth-order valence-electron chi connectivity index (χ4n) is 1.25. The zero-order valence-corrected chi connectivity index (χ0v) is 7.58. The molecule has 0 aliphatic carbocycles. The fraction of sp³-hybridized carbons (Fsp3) is 0.429. The molecule has 2 heterocycles. The molecule has 2 rings (SSSR count). The zero-order chi connectivity index (χ0) is 10.3. The number of nitrogens with zero attached hydrogens (tertiary/aromatic N) is 2. The molecular formula is C7H5ClF3N3. The van der Waals surface area contributed by atoms with Crippen molar-refractivity contribution in [2.24, 2.45) is 0 Å². The number of fused-ring (bicyclic) bond motifs is 1. The molecule has 0 spiro atoms. The molecule has 0 fully saturated rings. The Morgan fingerprint density at radius 2 is 1.93 bits per heavy atom. The Morgan fingerprint density at radius 3 is 2.57 bits per heavy atom. The normalized spacial score (nSPS) is 15.7. The Balaban J connectivity index is 2.52. The van der Waals surface area contributed by atoms with Crippen LogP contribution in [0.25, 0.3) is 0 Å². The molecule has 1 aromatic rings. The molecule has 0 amide bonds. The summed E-state index contributed by atoms with van der Waals surface area (Å²) >= 11 is 5.59. The highest BCUT2D eigenvalue weighted by atomic mass is 35.5. The molecule has 0 unspecified atom stereocenters. The van der Waals surface area contributed by atoms with Gasteiger partial charge in [0.15, 0.2) is 0 Å². The lowest BCUT2D eigenvalue weighted by Gasteiger charge is -2.07. The van der Waals surface area contributed by atoms with Gasteiger partial charge in [0.2, 0.25) is 5.82 Å². The maximum Gasteiger partial charge on any atom is 0.451 e. The number of halogens is 4. The Bertz CT molecular complexity index is 377. The number of rotatable bonds is 0. The van der Waals surface area contributed by atoms with Crippen LogP contribution in [0.15, 0.2) is 0 Å². The molecular weight excluding hydrogens is 219 g/mol. The fourth-order valence-corrected chi connectivity index (χ4v) is 1.51. The third-order valence-electron chi connectivity index (χ3n) is 1.89. The van der Waals surface area contributed by atoms with E-state index >= 15 is 0 Å². The van der Waals surface area contributed by atoms with Crippen molar-refractivity contribution in [3.63, 3.8) is 0 Å². The lowest BCUT2D eigenvalue weighted by Crippen LogP contribution is -2.13. The molecule has 1 N–H and O–H groups in total. The maximum atomic E-state index is 12.2. The maximum absolute atomic E-state index is 12.2. The van der Waals surface area contributed by atoms with Crippen molar-refractivity contribution in [1.29, 1.82) is 0 Å². The van der Waals surface area contributed by atoms with Crippen molar-refractivity contribution in [3.8, 4) is 0 Å². The average Bonchev–Trinajstić information content (AvgIpc) is 2.50. The quantitative estimate of drug-likeness (QED) is 0.681. The van der Waals surface area contributed by atoms with E-state index < -0.39 is 12.0 Å². The van der Waals surface area contributed by atoms with Crippen molar-refractivity contribution >= 4 is 11.6 Å². The van der Waals surface area contributed by atoms with Crippen LogP contribution in [-0.2, 0) is 19.3 Å². The summed E-state index contributed by atoms with van der Waals surface area (Å²) in [6, 6.07) is 0. The SMILES string of the molecule is FC(F)(F)c1nc(Cl)c2c(n1)CNC2. The van der Waals surface area contributed by atoms with Crippen LogP contribution in [0.1, 0.15) is 17.1 Å². The van der Waals surface area contributed by atoms with Crippen LogP contribution in [0, 0.1) is 0 Å². The summed E-state index contributed by atoms with van der Waals surface area (Å²) in [6.07, 6.45) is -4.54. The number of hydrogen-bond donors (Lipinski definition) is 1. The highest BCUT2D eigenvalue weighted by Crippen LogP contribution is 2.30. The van der Waals surface area contributed by atoms with Gasteiger partial charge >= 0.3 is 6.18 Å². The van der Waals surface area contributed by atoms with Gasteiger partial charge in [-0.1, -0.05) is 11.6 Å². The first kappa shape index (κ1) is 9.67. The first-order chi connectivity index (χ1) is 6.48. The molecule has 0 radical (unpaired) electrons. The minimum Gasteiger partial charge on any atom is -0.307 e. The van der Waals surface area contributed by atoms with E-state index in [4.69, 9.17) is 11.6 Å². The van der Waals surface area contributed by atoms with Crippen LogP contribution in [0.5, 0.6) is 0 Å². The first-order valence-corrected chi connectivity index (χ1v) is 4.19. The molecule has 0 atom stereocenters. The predicted molar refractivity (Wildman–Crippen MR) is 42.6 cm³/mol. The van der Waals surface area contributed by atoms with Crippen LogP contribution in [0.2, 0.25) is 5.15 Å². The van der Waals surface area contributed by atoms with Crippen molar-refractivity contribution in [3.05, 3.63) is 22.2 Å². The molecule has 14 heavy (non-hydrogen) atoms. The van der Waals surface area contributed by atoms with Gasteiger partial charge in [-0.05, 0) is 0 Å². The molecule has 1 aliphatic heterocycles. The topological polar surface area (TPSA) is 37.8 Å². The first-order valence-electron chi connectivity index (χ1n) is 3.81. The largest absolute Gasteiger partial charge is 0.451 e. The van der Waals surface area contributed by atoms with Gasteiger partial charge in [0.25, 0.3) is 0 Å². The van der Waals surface area contributed by atoms with Gasteiger partial charge in [-0.3, -0.25) is 0 Å². The van der Waals surface area contributed by atoms with E-state index in [1.54, 1.807) is 0 Å². The third kappa shape index (κ3) is 1.55. The van der Waals surface area contributed by atoms with Crippen LogP contribution in [0.4, 0.5) is 13.2 Å². The van der Waals surface area contributed by atoms with Gasteiger partial charge in [0.05, 0.1) is 5.69 Å². The standard InChI is InChI=1S/C7H5ClF3N3/c8-5-3-1-12-2-4(3)13-6(14-5)7(9,10)11/h12H,1-2H2. The smallest absolute Gasteiger partial charge is 0.307 e. The molecule has 1 aromatic heterocycles. The second kappa shape index (κ2) is 3.06. The summed E-state index contributed by atoms with van der Waals surface area (Å²) in [5.74, 6) is -1.18. The van der Waals surface area contributed by atoms with Crippen LogP contribution < -0.4 is 5.32 Å². The van der Waals surface area contributed by atoms with Gasteiger partial charge < -0.3 is 5.32 Å². The number of nitrogens with one attached hydrogen (secondary N) is 1. The Hall–Kier alpha value is -0.880. The highest BCUT2D eigenvalue weighted by molar-refractivity contribution is 6.30. The molecule has 0 aromatic carbocycles. The molecule has 7 heteroatoms. The Kier molecular flexibility index (Phi) is 2.11. The van der Waals surface area contributed by atoms with Crippen molar-refractivity contribution in [1.82, 2.24) is 15.3 Å². The van der Waals surface area contributed by atoms with Gasteiger partial charge in [-0.2, -0.15) is 13.2 Å². The third-order valence-corrected chi connectivity index (χ3v) is 2.20. The van der Waals surface area contributed by atoms with Crippen molar-refractivity contribution < 1.29 is 13.2 Å². The molecule has 1 aliphatic rings. The second-order valence-corrected chi connectivity index (χ2v) is 3.22. The van der Waals surface area contributed by atoms with E-state index in [0.717, 1.165) is 0 Å². The van der Waals surface area contributed by atoms with Crippen LogP contribution in [0.3, 0.4) is 0 Å². The lowest BCUT2D eigenvalue weighted by molar-refractivity contribution is -0.145. The van der Waals surface area contributed by atoms with E-state index in [1.165, 1.54) is 0 Å². The van der Waals surface area contributed by atoms with E-state index in [1.807, 2.05) is 0 Å². The molecule has 3 nitrogen and oxygen atoms in total. The van der Waals surface area contributed by atoms with Gasteiger partial charge in [0, 0.05) is 18.7 Å². The minimum atomic E-state index is -4.54. The summed E-state index contributed by atoms with van der Waals surface area (Å²) in [7, 11) is 0. The number of alkyl halides is 3. The summed E-state index contributed by atoms with van der Waals surface area (Å²) in [5, 5.41) is 2.73. The molecule has 76 valence electrons. The summed E-state index contributed by atoms with van der Waals surface area (Å²) in [6.45, 7) is 0.729. The van der Waals surface area contributed by atoms with Crippen LogP contribution >= 0.6 is 11.6 Å². The summed E-state index contributed by atoms with van der Waals surface area (Å²) < 4.78 is 36.7. The van der Waals surface area contributed by atoms with Crippen LogP contribution in [-0.4, -0.2) is 9.97 Å². The minimum absolute atomic E-state index is 0.118. The van der Waals surface area contributed by atoms with Crippen molar-refractivity contribution in [2.45, 2.75) is 19.3 Å². The van der Waals surface area contributed by atoms with Gasteiger partial charge in [-0.25, -0.2) is 9.97 Å². The second-order valence-electron chi connectivity index (χ2n) is 2.86. The number of hydrogen-bond acceptors (Lipinski definition) is 3. The predicted octanol–water partition coefficient (Wildman–Crippen LogP) is 1.75. The van der Waals surface area contributed by atoms with E-state index in [0.29, 0.717) is 24.3 Å². The Morgan fingerprint density at radius 1 is 1.21 bits per heavy atom. The number of aromatic nitrogens is 2. The zero-order valence-electron chi connectivity index (χ0n) is 6.82. The van der Waals surface area contributed by atoms with E-state index in [9.17, 15) is 13.2 Å². The molecule has 0 saturated carbocycles. The Labute approximate surface area is 82.3 Å².